The second-order valence-electron chi connectivity index (χ2n) is 5.50. The largest absolute Gasteiger partial charge is 0.784 e. The van der Waals surface area contributed by atoms with Crippen LogP contribution < -0.4 is 4.57 Å². The third kappa shape index (κ3) is 17.3. The summed E-state index contributed by atoms with van der Waals surface area (Å²) in [6.07, 6.45) is 18.5. The van der Waals surface area contributed by atoms with E-state index in [2.05, 4.69) is 42.1 Å². The highest BCUT2D eigenvalue weighted by Gasteiger charge is 1.97. The van der Waals surface area contributed by atoms with Gasteiger partial charge in [-0.3, -0.25) is 4.21 Å². The van der Waals surface area contributed by atoms with E-state index < -0.39 is 11.4 Å². The summed E-state index contributed by atoms with van der Waals surface area (Å²) in [6, 6.07) is 6.29. The molecular weight excluding hydrogens is 298 g/mol. The minimum absolute atomic E-state index is 1.18. The molecule has 0 saturated carbocycles. The van der Waals surface area contributed by atoms with E-state index in [0.717, 1.165) is 0 Å². The minimum Gasteiger partial charge on any atom is -0.784 e. The van der Waals surface area contributed by atoms with Crippen molar-refractivity contribution in [2.75, 3.05) is 0 Å². The van der Waals surface area contributed by atoms with Crippen LogP contribution in [0.2, 0.25) is 0 Å². The Labute approximate surface area is 138 Å². The van der Waals surface area contributed by atoms with Gasteiger partial charge in [0.05, 0.1) is 0 Å². The number of aryl methyl sites for hydroxylation is 1. The van der Waals surface area contributed by atoms with Crippen molar-refractivity contribution in [3.05, 3.63) is 30.6 Å². The second-order valence-corrected chi connectivity index (χ2v) is 5.91. The maximum Gasteiger partial charge on any atom is 0.168 e. The maximum atomic E-state index is 8.44. The first-order chi connectivity index (χ1) is 10.7. The zero-order valence-corrected chi connectivity index (χ0v) is 14.6. The van der Waals surface area contributed by atoms with Crippen LogP contribution in [0.1, 0.15) is 71.1 Å². The van der Waals surface area contributed by atoms with Gasteiger partial charge in [0.15, 0.2) is 12.4 Å². The van der Waals surface area contributed by atoms with E-state index in [0.29, 0.717) is 0 Å². The maximum absolute atomic E-state index is 8.44. The van der Waals surface area contributed by atoms with Gasteiger partial charge >= 0.3 is 0 Å². The second kappa shape index (κ2) is 16.6. The molecule has 1 aromatic rings. The van der Waals surface area contributed by atoms with E-state index in [-0.39, 0.29) is 0 Å². The van der Waals surface area contributed by atoms with Crippen molar-refractivity contribution in [2.24, 2.45) is 0 Å². The Kier molecular flexibility index (Phi) is 16.0. The molecule has 0 fully saturated rings. The molecule has 0 aromatic carbocycles. The van der Waals surface area contributed by atoms with Crippen LogP contribution in [-0.2, 0) is 17.9 Å². The summed E-state index contributed by atoms with van der Waals surface area (Å²) >= 11 is -3.11. The van der Waals surface area contributed by atoms with Gasteiger partial charge in [-0.15, -0.1) is 11.4 Å². The summed E-state index contributed by atoms with van der Waals surface area (Å²) in [5.74, 6) is 0. The first kappa shape index (κ1) is 21.2. The highest BCUT2D eigenvalue weighted by Crippen LogP contribution is 2.10. The van der Waals surface area contributed by atoms with E-state index in [1.807, 2.05) is 0 Å². The minimum atomic E-state index is -3.11. The van der Waals surface area contributed by atoms with Crippen molar-refractivity contribution in [2.45, 2.75) is 77.7 Å². The van der Waals surface area contributed by atoms with Crippen molar-refractivity contribution < 1.29 is 17.9 Å². The molecule has 0 aliphatic heterocycles. The average molecular weight is 328 g/mol. The van der Waals surface area contributed by atoms with Gasteiger partial charge in [-0.25, -0.2) is 4.57 Å². The Bertz CT molecular complexity index is 356. The van der Waals surface area contributed by atoms with Crippen LogP contribution >= 0.6 is 0 Å². The number of nitrogens with zero attached hydrogens (tertiary/aromatic N) is 1. The highest BCUT2D eigenvalue weighted by molar-refractivity contribution is 7.72. The smallest absolute Gasteiger partial charge is 0.168 e. The van der Waals surface area contributed by atoms with E-state index >= 15 is 0 Å². The molecule has 0 amide bonds. The number of aromatic nitrogens is 1. The topological polar surface area (TPSA) is 67.1 Å². The first-order valence-electron chi connectivity index (χ1n) is 8.37. The molecule has 0 aliphatic carbocycles. The molecule has 0 bridgehead atoms. The Morgan fingerprint density at radius 3 is 1.64 bits per heavy atom. The molecule has 0 atom stereocenters. The molecule has 0 saturated heterocycles. The van der Waals surface area contributed by atoms with Gasteiger partial charge in [0, 0.05) is 18.6 Å². The van der Waals surface area contributed by atoms with Crippen LogP contribution in [0, 0.1) is 0 Å². The number of rotatable bonds is 11. The lowest BCUT2D eigenvalue weighted by Gasteiger charge is -2.03. The van der Waals surface area contributed by atoms with Gasteiger partial charge in [-0.1, -0.05) is 64.4 Å². The van der Waals surface area contributed by atoms with Crippen molar-refractivity contribution in [3.63, 3.8) is 0 Å². The molecule has 0 unspecified atom stereocenters. The molecule has 5 heteroatoms. The molecule has 0 aliphatic rings. The van der Waals surface area contributed by atoms with Crippen LogP contribution in [0.15, 0.2) is 30.6 Å². The fourth-order valence-corrected chi connectivity index (χ4v) is 2.37. The van der Waals surface area contributed by atoms with E-state index in [1.54, 1.807) is 0 Å². The lowest BCUT2D eigenvalue weighted by molar-refractivity contribution is -0.697. The van der Waals surface area contributed by atoms with Crippen molar-refractivity contribution in [3.8, 4) is 0 Å². The van der Waals surface area contributed by atoms with Crippen LogP contribution in [0.25, 0.3) is 0 Å². The molecule has 4 nitrogen and oxygen atoms in total. The summed E-state index contributed by atoms with van der Waals surface area (Å²) < 4.78 is 27.6. The van der Waals surface area contributed by atoms with Gasteiger partial charge in [0.25, 0.3) is 0 Å². The molecule has 1 rings (SSSR count). The summed E-state index contributed by atoms with van der Waals surface area (Å²) in [5, 5.41) is 0. The Hall–Kier alpha value is -0.780. The summed E-state index contributed by atoms with van der Waals surface area (Å²) in [7, 11) is 0. The number of unbranched alkanes of at least 4 members (excludes halogenated alkanes) is 9. The molecule has 0 N–H and O–H groups in total. The van der Waals surface area contributed by atoms with Crippen molar-refractivity contribution in [1.29, 1.82) is 0 Å². The monoisotopic (exact) mass is 328 g/mol. The normalized spacial score (nSPS) is 10.4. The average Bonchev–Trinajstić information content (AvgIpc) is 2.50. The fraction of sp³-hybridized carbons (Fsp3) is 0.706. The number of hydrogen-bond donors (Lipinski definition) is 0. The van der Waals surface area contributed by atoms with Gasteiger partial charge in [-0.2, -0.15) is 0 Å². The Morgan fingerprint density at radius 2 is 1.18 bits per heavy atom. The van der Waals surface area contributed by atoms with E-state index in [1.165, 1.54) is 70.8 Å². The standard InChI is InChI=1S/C17H30N.H2O3S/c1-2-3-4-5-6-7-8-9-10-12-15-18-16-13-11-14-17-18;1-4(2)3/h11,13-14,16-17H,2-10,12,15H2,1H3;(H2,1,2,3)/q+1;/p-2. The number of pyridine rings is 1. The van der Waals surface area contributed by atoms with Gasteiger partial charge in [0.2, 0.25) is 0 Å². The zero-order chi connectivity index (χ0) is 16.5. The third-order valence-electron chi connectivity index (χ3n) is 3.55. The predicted molar refractivity (Wildman–Crippen MR) is 88.2 cm³/mol. The molecule has 0 spiro atoms. The fourth-order valence-electron chi connectivity index (χ4n) is 2.37. The molecule has 128 valence electrons. The van der Waals surface area contributed by atoms with E-state index in [9.17, 15) is 0 Å². The quantitative estimate of drug-likeness (QED) is 0.351. The molecule has 22 heavy (non-hydrogen) atoms. The van der Waals surface area contributed by atoms with Crippen molar-refractivity contribution in [1.82, 2.24) is 0 Å². The lowest BCUT2D eigenvalue weighted by atomic mass is 10.1. The van der Waals surface area contributed by atoms with Gasteiger partial charge < -0.3 is 9.11 Å². The third-order valence-corrected chi connectivity index (χ3v) is 3.55. The Balaban J connectivity index is 0.000000980. The van der Waals surface area contributed by atoms with Gasteiger partial charge in [-0.05, 0) is 6.42 Å². The molecule has 1 aromatic heterocycles. The lowest BCUT2D eigenvalue weighted by Crippen LogP contribution is -2.32. The molecular formula is C17H30NO3S-. The van der Waals surface area contributed by atoms with Crippen LogP contribution in [-0.4, -0.2) is 13.3 Å². The molecule has 1 heterocycles. The van der Waals surface area contributed by atoms with Crippen LogP contribution in [0.4, 0.5) is 0 Å². The highest BCUT2D eigenvalue weighted by atomic mass is 32.2. The predicted octanol–water partition coefficient (Wildman–Crippen LogP) is 3.89. The summed E-state index contributed by atoms with van der Waals surface area (Å²) in [4.78, 5) is 0. The van der Waals surface area contributed by atoms with Gasteiger partial charge in [0.1, 0.15) is 6.54 Å². The van der Waals surface area contributed by atoms with Crippen LogP contribution in [0.5, 0.6) is 0 Å². The van der Waals surface area contributed by atoms with Crippen LogP contribution in [0.3, 0.4) is 0 Å². The first-order valence-corrected chi connectivity index (χ1v) is 9.37. The Morgan fingerprint density at radius 1 is 0.773 bits per heavy atom. The zero-order valence-electron chi connectivity index (χ0n) is 13.7. The van der Waals surface area contributed by atoms with E-state index in [4.69, 9.17) is 13.3 Å². The summed E-state index contributed by atoms with van der Waals surface area (Å²) in [6.45, 7) is 3.46. The van der Waals surface area contributed by atoms with Crippen molar-refractivity contribution >= 4 is 11.4 Å². The summed E-state index contributed by atoms with van der Waals surface area (Å²) in [5.41, 5.74) is 0. The SMILES string of the molecule is CCCCCCCCCCCC[n+]1ccccc1.O=S([O-])[O-]. The molecule has 0 radical (unpaired) electrons. The number of hydrogen-bond acceptors (Lipinski definition) is 3.